The highest BCUT2D eigenvalue weighted by Crippen LogP contribution is 2.32. The van der Waals surface area contributed by atoms with Crippen LogP contribution in [-0.2, 0) is 5.54 Å². The van der Waals surface area contributed by atoms with Crippen LogP contribution in [0.3, 0.4) is 0 Å². The second kappa shape index (κ2) is 4.74. The van der Waals surface area contributed by atoms with Crippen molar-refractivity contribution in [1.82, 2.24) is 0 Å². The summed E-state index contributed by atoms with van der Waals surface area (Å²) in [5.74, 6) is -1.76. The third kappa shape index (κ3) is 2.38. The van der Waals surface area contributed by atoms with Crippen LogP contribution in [0.15, 0.2) is 36.4 Å². The number of rotatable bonds is 2. The van der Waals surface area contributed by atoms with E-state index in [4.69, 9.17) is 5.73 Å². The van der Waals surface area contributed by atoms with Crippen molar-refractivity contribution in [3.05, 3.63) is 70.3 Å². The average Bonchev–Trinajstić information content (AvgIpc) is 2.35. The van der Waals surface area contributed by atoms with Gasteiger partial charge in [0.1, 0.15) is 0 Å². The lowest BCUT2D eigenvalue weighted by atomic mass is 9.82. The average molecular weight is 261 g/mol. The summed E-state index contributed by atoms with van der Waals surface area (Å²) in [5, 5.41) is 0. The molecule has 0 spiro atoms. The number of aryl methyl sites for hydroxylation is 2. The summed E-state index contributed by atoms with van der Waals surface area (Å²) >= 11 is 0. The van der Waals surface area contributed by atoms with Gasteiger partial charge in [0.2, 0.25) is 0 Å². The molecule has 1 nitrogen and oxygen atoms in total. The molecule has 0 bridgehead atoms. The maximum Gasteiger partial charge on any atom is 0.164 e. The molecule has 1 unspecified atom stereocenters. The Balaban J connectivity index is 2.65. The van der Waals surface area contributed by atoms with E-state index in [0.717, 1.165) is 22.8 Å². The van der Waals surface area contributed by atoms with Gasteiger partial charge in [-0.3, -0.25) is 0 Å². The van der Waals surface area contributed by atoms with Crippen molar-refractivity contribution in [2.45, 2.75) is 26.3 Å². The fourth-order valence-corrected chi connectivity index (χ4v) is 2.35. The second-order valence-corrected chi connectivity index (χ2v) is 5.12. The van der Waals surface area contributed by atoms with Crippen LogP contribution in [0, 0.1) is 25.5 Å². The van der Waals surface area contributed by atoms with Crippen LogP contribution in [-0.4, -0.2) is 0 Å². The molecule has 19 heavy (non-hydrogen) atoms. The van der Waals surface area contributed by atoms with Crippen molar-refractivity contribution < 1.29 is 8.78 Å². The lowest BCUT2D eigenvalue weighted by molar-refractivity contribution is 0.468. The molecule has 100 valence electrons. The van der Waals surface area contributed by atoms with E-state index in [2.05, 4.69) is 0 Å². The summed E-state index contributed by atoms with van der Waals surface area (Å²) in [6, 6.07) is 9.92. The van der Waals surface area contributed by atoms with Crippen molar-refractivity contribution in [3.63, 3.8) is 0 Å². The third-order valence-electron chi connectivity index (χ3n) is 3.46. The van der Waals surface area contributed by atoms with Gasteiger partial charge < -0.3 is 5.73 Å². The van der Waals surface area contributed by atoms with E-state index in [1.807, 2.05) is 32.0 Å². The van der Waals surface area contributed by atoms with Gasteiger partial charge in [0.25, 0.3) is 0 Å². The largest absolute Gasteiger partial charge is 0.318 e. The minimum absolute atomic E-state index is 0.168. The molecule has 2 rings (SSSR count). The Morgan fingerprint density at radius 2 is 1.68 bits per heavy atom. The zero-order valence-electron chi connectivity index (χ0n) is 11.3. The molecule has 0 saturated heterocycles. The third-order valence-corrected chi connectivity index (χ3v) is 3.46. The summed E-state index contributed by atoms with van der Waals surface area (Å²) in [6.45, 7) is 5.56. The van der Waals surface area contributed by atoms with Crippen LogP contribution < -0.4 is 5.73 Å². The molecule has 2 aromatic rings. The first-order valence-corrected chi connectivity index (χ1v) is 6.15. The summed E-state index contributed by atoms with van der Waals surface area (Å²) in [4.78, 5) is 0. The molecule has 1 atom stereocenters. The van der Waals surface area contributed by atoms with Crippen molar-refractivity contribution in [3.8, 4) is 0 Å². The standard InChI is InChI=1S/C16H17F2N/c1-10-7-8-11(2)13(9-10)16(3,19)12-5-4-6-14(17)15(12)18/h4-9H,19H2,1-3H3. The maximum absolute atomic E-state index is 14.0. The predicted octanol–water partition coefficient (Wildman–Crippen LogP) is 3.80. The fourth-order valence-electron chi connectivity index (χ4n) is 2.35. The Hall–Kier alpha value is -1.74. The van der Waals surface area contributed by atoms with Gasteiger partial charge in [0.15, 0.2) is 11.6 Å². The van der Waals surface area contributed by atoms with E-state index in [1.54, 1.807) is 6.92 Å². The number of hydrogen-bond donors (Lipinski definition) is 1. The Morgan fingerprint density at radius 1 is 1.00 bits per heavy atom. The minimum Gasteiger partial charge on any atom is -0.318 e. The first-order chi connectivity index (χ1) is 8.84. The van der Waals surface area contributed by atoms with Gasteiger partial charge in [0.05, 0.1) is 5.54 Å². The van der Waals surface area contributed by atoms with Crippen molar-refractivity contribution in [2.24, 2.45) is 5.73 Å². The molecule has 0 aliphatic heterocycles. The van der Waals surface area contributed by atoms with Gasteiger partial charge in [-0.05, 0) is 38.0 Å². The maximum atomic E-state index is 14.0. The first-order valence-electron chi connectivity index (χ1n) is 6.15. The van der Waals surface area contributed by atoms with Gasteiger partial charge in [-0.25, -0.2) is 8.78 Å². The molecular weight excluding hydrogens is 244 g/mol. The van der Waals surface area contributed by atoms with Gasteiger partial charge in [-0.1, -0.05) is 35.9 Å². The van der Waals surface area contributed by atoms with Gasteiger partial charge in [0, 0.05) is 5.56 Å². The molecule has 2 N–H and O–H groups in total. The van der Waals surface area contributed by atoms with E-state index in [9.17, 15) is 8.78 Å². The highest BCUT2D eigenvalue weighted by molar-refractivity contribution is 5.43. The highest BCUT2D eigenvalue weighted by Gasteiger charge is 2.29. The van der Waals surface area contributed by atoms with Crippen LogP contribution in [0.4, 0.5) is 8.78 Å². The number of halogens is 2. The Morgan fingerprint density at radius 3 is 2.37 bits per heavy atom. The predicted molar refractivity (Wildman–Crippen MR) is 72.9 cm³/mol. The molecule has 0 aliphatic rings. The summed E-state index contributed by atoms with van der Waals surface area (Å²) in [7, 11) is 0. The van der Waals surface area contributed by atoms with Crippen LogP contribution >= 0.6 is 0 Å². The molecule has 0 aromatic heterocycles. The van der Waals surface area contributed by atoms with Gasteiger partial charge in [-0.2, -0.15) is 0 Å². The van der Waals surface area contributed by atoms with Crippen molar-refractivity contribution in [1.29, 1.82) is 0 Å². The normalized spacial score (nSPS) is 14.2. The molecule has 0 amide bonds. The van der Waals surface area contributed by atoms with Crippen molar-refractivity contribution >= 4 is 0 Å². The van der Waals surface area contributed by atoms with Crippen LogP contribution in [0.1, 0.15) is 29.2 Å². The zero-order valence-corrected chi connectivity index (χ0v) is 11.3. The Labute approximate surface area is 112 Å². The Kier molecular flexibility index (Phi) is 3.42. The number of hydrogen-bond acceptors (Lipinski definition) is 1. The van der Waals surface area contributed by atoms with E-state index in [1.165, 1.54) is 12.1 Å². The molecule has 0 fully saturated rings. The minimum atomic E-state index is -1.07. The molecular formula is C16H17F2N. The second-order valence-electron chi connectivity index (χ2n) is 5.12. The number of benzene rings is 2. The smallest absolute Gasteiger partial charge is 0.164 e. The lowest BCUT2D eigenvalue weighted by Crippen LogP contribution is -2.36. The summed E-state index contributed by atoms with van der Waals surface area (Å²) in [5.41, 5.74) is 8.19. The molecule has 0 saturated carbocycles. The molecule has 0 heterocycles. The van der Waals surface area contributed by atoms with E-state index < -0.39 is 17.2 Å². The number of nitrogens with two attached hydrogens (primary N) is 1. The summed E-state index contributed by atoms with van der Waals surface area (Å²) < 4.78 is 27.3. The van der Waals surface area contributed by atoms with E-state index in [0.29, 0.717) is 0 Å². The molecule has 3 heteroatoms. The zero-order chi connectivity index (χ0) is 14.2. The lowest BCUT2D eigenvalue weighted by Gasteiger charge is -2.28. The summed E-state index contributed by atoms with van der Waals surface area (Å²) in [6.07, 6.45) is 0. The van der Waals surface area contributed by atoms with Crippen LogP contribution in [0.2, 0.25) is 0 Å². The van der Waals surface area contributed by atoms with Crippen LogP contribution in [0.5, 0.6) is 0 Å². The van der Waals surface area contributed by atoms with E-state index in [-0.39, 0.29) is 5.56 Å². The van der Waals surface area contributed by atoms with Crippen molar-refractivity contribution in [2.75, 3.05) is 0 Å². The topological polar surface area (TPSA) is 26.0 Å². The SMILES string of the molecule is Cc1ccc(C)c(C(C)(N)c2cccc(F)c2F)c1. The van der Waals surface area contributed by atoms with Gasteiger partial charge in [-0.15, -0.1) is 0 Å². The van der Waals surface area contributed by atoms with Gasteiger partial charge >= 0.3 is 0 Å². The monoisotopic (exact) mass is 261 g/mol. The molecule has 2 aromatic carbocycles. The Bertz CT molecular complexity index is 614. The van der Waals surface area contributed by atoms with Crippen LogP contribution in [0.25, 0.3) is 0 Å². The fraction of sp³-hybridized carbons (Fsp3) is 0.250. The quantitative estimate of drug-likeness (QED) is 0.874. The highest BCUT2D eigenvalue weighted by atomic mass is 19.2. The molecule has 0 aliphatic carbocycles. The first kappa shape index (κ1) is 13.7. The molecule has 0 radical (unpaired) electrons. The van der Waals surface area contributed by atoms with E-state index >= 15 is 0 Å².